The molecule has 3 aromatic rings. The number of rotatable bonds is 7. The smallest absolute Gasteiger partial charge is 0.416 e. The summed E-state index contributed by atoms with van der Waals surface area (Å²) >= 11 is 0. The van der Waals surface area contributed by atoms with Gasteiger partial charge in [-0.05, 0) is 79.6 Å². The Kier molecular flexibility index (Phi) is 8.42. The highest BCUT2D eigenvalue weighted by Gasteiger charge is 2.39. The molecular weight excluding hydrogens is 537 g/mol. The van der Waals surface area contributed by atoms with Crippen molar-refractivity contribution < 1.29 is 26.3 Å². The topological polar surface area (TPSA) is 49.9 Å². The van der Waals surface area contributed by atoms with Gasteiger partial charge >= 0.3 is 6.18 Å². The van der Waals surface area contributed by atoms with Crippen LogP contribution in [0, 0.1) is 0 Å². The molecule has 214 valence electrons. The first kappa shape index (κ1) is 28.5. The van der Waals surface area contributed by atoms with Crippen molar-refractivity contribution in [1.29, 1.82) is 0 Å². The van der Waals surface area contributed by atoms with Crippen LogP contribution in [0.1, 0.15) is 55.6 Å². The highest BCUT2D eigenvalue weighted by Crippen LogP contribution is 2.40. The Morgan fingerprint density at radius 2 is 1.52 bits per heavy atom. The van der Waals surface area contributed by atoms with E-state index >= 15 is 0 Å². The number of hydrogen-bond acceptors (Lipinski definition) is 4. The van der Waals surface area contributed by atoms with Gasteiger partial charge in [-0.3, -0.25) is 9.21 Å². The van der Waals surface area contributed by atoms with E-state index in [0.29, 0.717) is 43.6 Å². The number of anilines is 1. The fourth-order valence-electron chi connectivity index (χ4n) is 6.32. The Bertz CT molecular complexity index is 1370. The van der Waals surface area contributed by atoms with Gasteiger partial charge in [0, 0.05) is 25.2 Å². The van der Waals surface area contributed by atoms with E-state index in [4.69, 9.17) is 4.74 Å². The van der Waals surface area contributed by atoms with Crippen LogP contribution in [0.4, 0.5) is 18.9 Å². The lowest BCUT2D eigenvalue weighted by atomic mass is 9.78. The Morgan fingerprint density at radius 1 is 0.850 bits per heavy atom. The molecule has 5 rings (SSSR count). The number of alkyl halides is 3. The molecule has 0 N–H and O–H groups in total. The Balaban J connectivity index is 1.43. The van der Waals surface area contributed by atoms with E-state index in [1.54, 1.807) is 12.1 Å². The lowest BCUT2D eigenvalue weighted by Crippen LogP contribution is -2.51. The van der Waals surface area contributed by atoms with E-state index in [-0.39, 0.29) is 10.6 Å². The largest absolute Gasteiger partial charge is 0.497 e. The molecule has 1 aliphatic carbocycles. The fraction of sp³-hybridized carbons (Fsp3) is 0.419. The molecule has 0 aromatic heterocycles. The number of sulfonamides is 1. The molecule has 1 heterocycles. The summed E-state index contributed by atoms with van der Waals surface area (Å²) in [5, 5.41) is 0. The van der Waals surface area contributed by atoms with Crippen LogP contribution < -0.4 is 9.04 Å². The number of likely N-dealkylation sites (tertiary alicyclic amines) is 1. The average molecular weight is 573 g/mol. The quantitative estimate of drug-likeness (QED) is 0.303. The maximum absolute atomic E-state index is 14.0. The number of piperidine rings is 1. The second-order valence-electron chi connectivity index (χ2n) is 10.7. The van der Waals surface area contributed by atoms with Crippen molar-refractivity contribution in [2.45, 2.75) is 67.6 Å². The summed E-state index contributed by atoms with van der Waals surface area (Å²) < 4.78 is 75.3. The van der Waals surface area contributed by atoms with E-state index < -0.39 is 27.8 Å². The molecule has 2 atom stereocenters. The number of methoxy groups -OCH3 is 1. The van der Waals surface area contributed by atoms with Gasteiger partial charge in [-0.2, -0.15) is 13.2 Å². The first-order chi connectivity index (χ1) is 19.2. The molecule has 2 unspecified atom stereocenters. The van der Waals surface area contributed by atoms with Gasteiger partial charge in [0.05, 0.1) is 23.3 Å². The zero-order valence-corrected chi connectivity index (χ0v) is 23.4. The molecule has 0 bridgehead atoms. The molecule has 5 nitrogen and oxygen atoms in total. The van der Waals surface area contributed by atoms with Crippen molar-refractivity contribution in [3.8, 4) is 5.75 Å². The molecule has 0 spiro atoms. The number of nitrogens with zero attached hydrogens (tertiary/aromatic N) is 2. The molecule has 0 amide bonds. The van der Waals surface area contributed by atoms with Crippen molar-refractivity contribution in [3.05, 3.63) is 90.0 Å². The number of benzene rings is 3. The van der Waals surface area contributed by atoms with Crippen LogP contribution in [0.25, 0.3) is 0 Å². The van der Waals surface area contributed by atoms with Gasteiger partial charge in [-0.1, -0.05) is 49.2 Å². The lowest BCUT2D eigenvalue weighted by molar-refractivity contribution is -0.137. The predicted octanol–water partition coefficient (Wildman–Crippen LogP) is 7.10. The Labute approximate surface area is 234 Å². The number of halogens is 3. The second kappa shape index (κ2) is 11.8. The predicted molar refractivity (Wildman–Crippen MR) is 150 cm³/mol. The molecule has 2 fully saturated rings. The third kappa shape index (κ3) is 6.00. The Morgan fingerprint density at radius 3 is 2.17 bits per heavy atom. The van der Waals surface area contributed by atoms with Crippen LogP contribution in [0.15, 0.2) is 83.8 Å². The van der Waals surface area contributed by atoms with E-state index in [0.717, 1.165) is 31.4 Å². The SMILES string of the molecule is COc1ccc(S(=O)(=O)N(c2cccc(C(F)(F)F)c2)C2CCN(C3CCCCC3c3ccccc3)CC2)cc1. The number of hydrogen-bond donors (Lipinski definition) is 0. The van der Waals surface area contributed by atoms with Crippen molar-refractivity contribution in [3.63, 3.8) is 0 Å². The molecule has 1 aliphatic heterocycles. The van der Waals surface area contributed by atoms with Gasteiger partial charge in [0.2, 0.25) is 0 Å². The first-order valence-electron chi connectivity index (χ1n) is 13.8. The molecule has 1 saturated heterocycles. The van der Waals surface area contributed by atoms with Crippen LogP contribution in [-0.2, 0) is 16.2 Å². The number of ether oxygens (including phenoxy) is 1. The lowest BCUT2D eigenvalue weighted by Gasteiger charge is -2.45. The van der Waals surface area contributed by atoms with Crippen LogP contribution in [-0.4, -0.2) is 45.6 Å². The average Bonchev–Trinajstić information content (AvgIpc) is 2.98. The molecule has 1 saturated carbocycles. The first-order valence-corrected chi connectivity index (χ1v) is 15.3. The van der Waals surface area contributed by atoms with Crippen molar-refractivity contribution in [2.75, 3.05) is 24.5 Å². The van der Waals surface area contributed by atoms with E-state index in [9.17, 15) is 21.6 Å². The molecule has 9 heteroatoms. The minimum atomic E-state index is -4.58. The van der Waals surface area contributed by atoms with E-state index in [1.165, 1.54) is 47.7 Å². The van der Waals surface area contributed by atoms with Crippen LogP contribution in [0.5, 0.6) is 5.75 Å². The third-order valence-electron chi connectivity index (χ3n) is 8.30. The third-order valence-corrected chi connectivity index (χ3v) is 10.2. The van der Waals surface area contributed by atoms with Gasteiger partial charge in [0.25, 0.3) is 10.0 Å². The minimum Gasteiger partial charge on any atom is -0.497 e. The minimum absolute atomic E-state index is 0.0181. The monoisotopic (exact) mass is 572 g/mol. The molecular formula is C31H35F3N2O3S. The maximum Gasteiger partial charge on any atom is 0.416 e. The van der Waals surface area contributed by atoms with Gasteiger partial charge in [0.15, 0.2) is 0 Å². The normalized spacial score (nSPS) is 21.2. The van der Waals surface area contributed by atoms with E-state index in [1.807, 2.05) is 6.07 Å². The maximum atomic E-state index is 14.0. The summed E-state index contributed by atoms with van der Waals surface area (Å²) in [5.41, 5.74) is 0.496. The molecule has 3 aromatic carbocycles. The summed E-state index contributed by atoms with van der Waals surface area (Å²) in [6.07, 6.45) is 1.05. The van der Waals surface area contributed by atoms with Gasteiger partial charge in [0.1, 0.15) is 5.75 Å². The van der Waals surface area contributed by atoms with Crippen LogP contribution in [0.3, 0.4) is 0 Å². The summed E-state index contributed by atoms with van der Waals surface area (Å²) in [6, 6.07) is 21.1. The summed E-state index contributed by atoms with van der Waals surface area (Å²) in [6.45, 7) is 1.37. The van der Waals surface area contributed by atoms with Gasteiger partial charge in [-0.15, -0.1) is 0 Å². The fourth-order valence-corrected chi connectivity index (χ4v) is 8.02. The highest BCUT2D eigenvalue weighted by molar-refractivity contribution is 7.92. The van der Waals surface area contributed by atoms with Crippen LogP contribution >= 0.6 is 0 Å². The molecule has 40 heavy (non-hydrogen) atoms. The Hall–Kier alpha value is -3.04. The summed E-state index contributed by atoms with van der Waals surface area (Å²) in [5.74, 6) is 0.924. The van der Waals surface area contributed by atoms with Crippen molar-refractivity contribution >= 4 is 15.7 Å². The zero-order chi connectivity index (χ0) is 28.3. The standard InChI is InChI=1S/C31H35F3N2O3S/c1-39-27-14-16-28(17-15-27)40(37,38)36(26-11-7-10-24(22-26)31(32,33)34)25-18-20-35(21-19-25)30-13-6-5-12-29(30)23-8-3-2-4-9-23/h2-4,7-11,14-17,22,25,29-30H,5-6,12-13,18-21H2,1H3. The molecule has 0 radical (unpaired) electrons. The second-order valence-corrected chi connectivity index (χ2v) is 12.5. The highest BCUT2D eigenvalue weighted by atomic mass is 32.2. The van der Waals surface area contributed by atoms with Gasteiger partial charge < -0.3 is 4.74 Å². The molecule has 2 aliphatic rings. The van der Waals surface area contributed by atoms with Crippen molar-refractivity contribution in [1.82, 2.24) is 4.90 Å². The zero-order valence-electron chi connectivity index (χ0n) is 22.6. The van der Waals surface area contributed by atoms with Crippen LogP contribution in [0.2, 0.25) is 0 Å². The summed E-state index contributed by atoms with van der Waals surface area (Å²) in [4.78, 5) is 2.49. The van der Waals surface area contributed by atoms with Crippen molar-refractivity contribution in [2.24, 2.45) is 0 Å². The summed E-state index contributed by atoms with van der Waals surface area (Å²) in [7, 11) is -2.66. The van der Waals surface area contributed by atoms with Gasteiger partial charge in [-0.25, -0.2) is 8.42 Å². The van der Waals surface area contributed by atoms with E-state index in [2.05, 4.69) is 29.2 Å².